The number of furan rings is 1. The zero-order chi connectivity index (χ0) is 23.1. The summed E-state index contributed by atoms with van der Waals surface area (Å²) in [5.74, 6) is 0.401. The van der Waals surface area contributed by atoms with Crippen molar-refractivity contribution >= 4 is 40.5 Å². The van der Waals surface area contributed by atoms with E-state index in [1.807, 2.05) is 0 Å². The fourth-order valence-electron chi connectivity index (χ4n) is 2.82. The number of hydrogen-bond acceptors (Lipinski definition) is 7. The summed E-state index contributed by atoms with van der Waals surface area (Å²) >= 11 is 5.25. The molecule has 0 unspecified atom stereocenters. The summed E-state index contributed by atoms with van der Waals surface area (Å²) in [5, 5.41) is 8.29. The first-order chi connectivity index (χ1) is 15.4. The minimum absolute atomic E-state index is 0.0678. The van der Waals surface area contributed by atoms with E-state index in [0.29, 0.717) is 28.6 Å². The lowest BCUT2D eigenvalue weighted by Crippen LogP contribution is -2.34. The third-order valence-electron chi connectivity index (χ3n) is 4.28. The van der Waals surface area contributed by atoms with Crippen LogP contribution in [0.5, 0.6) is 17.2 Å². The molecule has 0 fully saturated rings. The number of anilines is 2. The molecule has 0 spiro atoms. The minimum Gasteiger partial charge on any atom is -0.493 e. The van der Waals surface area contributed by atoms with Crippen LogP contribution in [-0.2, 0) is 0 Å². The fraction of sp³-hybridized carbons (Fsp3) is 0.136. The summed E-state index contributed by atoms with van der Waals surface area (Å²) in [6.07, 6.45) is 1.42. The summed E-state index contributed by atoms with van der Waals surface area (Å²) in [4.78, 5) is 24.8. The van der Waals surface area contributed by atoms with Crippen LogP contribution in [0.25, 0.3) is 0 Å². The van der Waals surface area contributed by atoms with E-state index in [1.165, 1.54) is 39.7 Å². The summed E-state index contributed by atoms with van der Waals surface area (Å²) in [6.45, 7) is 0. The Bertz CT molecular complexity index is 1110. The van der Waals surface area contributed by atoms with Gasteiger partial charge in [0, 0.05) is 16.9 Å². The van der Waals surface area contributed by atoms with Gasteiger partial charge in [0.05, 0.1) is 27.6 Å². The molecular weight excluding hydrogens is 434 g/mol. The number of amides is 2. The molecule has 1 aromatic heterocycles. The van der Waals surface area contributed by atoms with Crippen LogP contribution < -0.4 is 30.2 Å². The average Bonchev–Trinajstić information content (AvgIpc) is 3.33. The lowest BCUT2D eigenvalue weighted by atomic mass is 10.1. The molecule has 1 heterocycles. The molecule has 3 aromatic rings. The number of rotatable bonds is 7. The van der Waals surface area contributed by atoms with Crippen molar-refractivity contribution in [3.8, 4) is 17.2 Å². The van der Waals surface area contributed by atoms with Crippen LogP contribution in [0.1, 0.15) is 20.9 Å². The third kappa shape index (κ3) is 5.35. The molecule has 0 aliphatic heterocycles. The second-order valence-corrected chi connectivity index (χ2v) is 6.74. The smallest absolute Gasteiger partial charge is 0.291 e. The Balaban J connectivity index is 1.67. The first kappa shape index (κ1) is 22.6. The second-order valence-electron chi connectivity index (χ2n) is 6.33. The molecule has 0 aliphatic rings. The van der Waals surface area contributed by atoms with Crippen molar-refractivity contribution in [3.63, 3.8) is 0 Å². The van der Waals surface area contributed by atoms with Gasteiger partial charge >= 0.3 is 0 Å². The standard InChI is InChI=1S/C22H21N3O6S/c1-28-17-10-13(11-18(29-2)19(17)30-3)20(26)25-22(32)24-15-7-4-6-14(12-15)23-21(27)16-8-5-9-31-16/h4-12H,1-3H3,(H,23,27)(H2,24,25,26,32). The van der Waals surface area contributed by atoms with Crippen LogP contribution in [0.2, 0.25) is 0 Å². The summed E-state index contributed by atoms with van der Waals surface area (Å²) in [6, 6.07) is 13.1. The SMILES string of the molecule is COc1cc(C(=O)NC(=S)Nc2cccc(NC(=O)c3ccco3)c2)cc(OC)c1OC. The Hall–Kier alpha value is -4.05. The molecule has 0 bridgehead atoms. The Labute approximate surface area is 189 Å². The van der Waals surface area contributed by atoms with Crippen LogP contribution in [0.4, 0.5) is 11.4 Å². The van der Waals surface area contributed by atoms with Gasteiger partial charge in [-0.15, -0.1) is 0 Å². The third-order valence-corrected chi connectivity index (χ3v) is 4.48. The second kappa shape index (κ2) is 10.3. The van der Waals surface area contributed by atoms with E-state index >= 15 is 0 Å². The normalized spacial score (nSPS) is 10.1. The van der Waals surface area contributed by atoms with Crippen molar-refractivity contribution in [1.82, 2.24) is 5.32 Å². The van der Waals surface area contributed by atoms with Gasteiger partial charge in [-0.2, -0.15) is 0 Å². The highest BCUT2D eigenvalue weighted by Gasteiger charge is 2.18. The summed E-state index contributed by atoms with van der Waals surface area (Å²) in [5.41, 5.74) is 1.36. The van der Waals surface area contributed by atoms with Crippen LogP contribution in [0, 0.1) is 0 Å². The van der Waals surface area contributed by atoms with Crippen LogP contribution >= 0.6 is 12.2 Å². The number of thiocarbonyl (C=S) groups is 1. The summed E-state index contributed by atoms with van der Waals surface area (Å²) in [7, 11) is 4.40. The van der Waals surface area contributed by atoms with Gasteiger partial charge in [-0.25, -0.2) is 0 Å². The van der Waals surface area contributed by atoms with E-state index in [9.17, 15) is 9.59 Å². The Morgan fingerprint density at radius 3 is 2.06 bits per heavy atom. The molecule has 166 valence electrons. The lowest BCUT2D eigenvalue weighted by Gasteiger charge is -2.15. The minimum atomic E-state index is -0.468. The highest BCUT2D eigenvalue weighted by molar-refractivity contribution is 7.80. The number of ether oxygens (including phenoxy) is 3. The molecule has 0 atom stereocenters. The Morgan fingerprint density at radius 1 is 0.844 bits per heavy atom. The zero-order valence-electron chi connectivity index (χ0n) is 17.6. The number of benzene rings is 2. The molecule has 3 N–H and O–H groups in total. The molecule has 0 saturated heterocycles. The highest BCUT2D eigenvalue weighted by atomic mass is 32.1. The molecule has 0 aliphatic carbocycles. The predicted molar refractivity (Wildman–Crippen MR) is 123 cm³/mol. The highest BCUT2D eigenvalue weighted by Crippen LogP contribution is 2.38. The summed E-state index contributed by atoms with van der Waals surface area (Å²) < 4.78 is 20.9. The fourth-order valence-corrected chi connectivity index (χ4v) is 3.04. The van der Waals surface area contributed by atoms with Gasteiger partial charge in [0.25, 0.3) is 11.8 Å². The average molecular weight is 455 g/mol. The van der Waals surface area contributed by atoms with Crippen molar-refractivity contribution in [2.24, 2.45) is 0 Å². The molecule has 9 nitrogen and oxygen atoms in total. The van der Waals surface area contributed by atoms with Gasteiger partial charge in [0.15, 0.2) is 22.4 Å². The number of methoxy groups -OCH3 is 3. The number of hydrogen-bond donors (Lipinski definition) is 3. The molecule has 10 heteroatoms. The van der Waals surface area contributed by atoms with Crippen molar-refractivity contribution in [2.45, 2.75) is 0 Å². The van der Waals surface area contributed by atoms with Crippen LogP contribution in [-0.4, -0.2) is 38.3 Å². The molecule has 2 amide bonds. The molecule has 32 heavy (non-hydrogen) atoms. The van der Waals surface area contributed by atoms with E-state index in [1.54, 1.807) is 36.4 Å². The molecular formula is C22H21N3O6S. The maximum absolute atomic E-state index is 12.7. The van der Waals surface area contributed by atoms with E-state index in [0.717, 1.165) is 0 Å². The van der Waals surface area contributed by atoms with Gasteiger partial charge in [-0.05, 0) is 54.7 Å². The number of carbonyl (C=O) groups is 2. The maximum Gasteiger partial charge on any atom is 0.291 e. The van der Waals surface area contributed by atoms with Crippen molar-refractivity contribution in [3.05, 3.63) is 66.1 Å². The Kier molecular flexibility index (Phi) is 7.29. The van der Waals surface area contributed by atoms with Gasteiger partial charge in [-0.1, -0.05) is 6.07 Å². The number of carbonyl (C=O) groups excluding carboxylic acids is 2. The number of nitrogens with one attached hydrogen (secondary N) is 3. The maximum atomic E-state index is 12.7. The van der Waals surface area contributed by atoms with Crippen molar-refractivity contribution in [2.75, 3.05) is 32.0 Å². The molecule has 0 radical (unpaired) electrons. The van der Waals surface area contributed by atoms with Gasteiger partial charge in [0.1, 0.15) is 0 Å². The first-order valence-electron chi connectivity index (χ1n) is 9.32. The van der Waals surface area contributed by atoms with E-state index < -0.39 is 5.91 Å². The first-order valence-corrected chi connectivity index (χ1v) is 9.73. The van der Waals surface area contributed by atoms with E-state index in [-0.39, 0.29) is 22.3 Å². The van der Waals surface area contributed by atoms with Crippen LogP contribution in [0.3, 0.4) is 0 Å². The molecule has 3 rings (SSSR count). The molecule has 0 saturated carbocycles. The Morgan fingerprint density at radius 2 is 1.50 bits per heavy atom. The quantitative estimate of drug-likeness (QED) is 0.463. The lowest BCUT2D eigenvalue weighted by molar-refractivity contribution is 0.0974. The van der Waals surface area contributed by atoms with Crippen LogP contribution in [0.15, 0.2) is 59.2 Å². The topological polar surface area (TPSA) is 111 Å². The van der Waals surface area contributed by atoms with Gasteiger partial charge in [-0.3, -0.25) is 14.9 Å². The van der Waals surface area contributed by atoms with Crippen molar-refractivity contribution < 1.29 is 28.2 Å². The monoisotopic (exact) mass is 455 g/mol. The molecule has 2 aromatic carbocycles. The largest absolute Gasteiger partial charge is 0.493 e. The van der Waals surface area contributed by atoms with Gasteiger partial charge < -0.3 is 29.3 Å². The van der Waals surface area contributed by atoms with E-state index in [4.69, 9.17) is 30.8 Å². The zero-order valence-corrected chi connectivity index (χ0v) is 18.4. The van der Waals surface area contributed by atoms with Crippen molar-refractivity contribution in [1.29, 1.82) is 0 Å². The predicted octanol–water partition coefficient (Wildman–Crippen LogP) is 3.68. The van der Waals surface area contributed by atoms with E-state index in [2.05, 4.69) is 16.0 Å². The van der Waals surface area contributed by atoms with Gasteiger partial charge in [0.2, 0.25) is 5.75 Å².